The van der Waals surface area contributed by atoms with Gasteiger partial charge in [-0.05, 0) is 6.42 Å². The number of aliphatic hydroxyl groups excluding tert-OH is 1. The molecule has 1 amide bonds. The van der Waals surface area contributed by atoms with Crippen LogP contribution in [-0.2, 0) is 11.3 Å². The lowest BCUT2D eigenvalue weighted by atomic mass is 10.3. The normalized spacial score (nSPS) is 10.2. The molecule has 7 nitrogen and oxygen atoms in total. The van der Waals surface area contributed by atoms with Gasteiger partial charge in [0.05, 0.1) is 0 Å². The quantitative estimate of drug-likeness (QED) is 0.523. The van der Waals surface area contributed by atoms with Crippen LogP contribution >= 0.6 is 0 Å². The summed E-state index contributed by atoms with van der Waals surface area (Å²) in [4.78, 5) is 35.4. The molecule has 17 heavy (non-hydrogen) atoms. The number of rotatable bonds is 6. The van der Waals surface area contributed by atoms with E-state index in [1.165, 1.54) is 16.8 Å². The van der Waals surface area contributed by atoms with Gasteiger partial charge in [0.25, 0.3) is 5.56 Å². The minimum atomic E-state index is -0.527. The molecule has 1 aromatic heterocycles. The Morgan fingerprint density at radius 3 is 2.88 bits per heavy atom. The van der Waals surface area contributed by atoms with Crippen LogP contribution in [0.15, 0.2) is 21.9 Å². The van der Waals surface area contributed by atoms with Crippen molar-refractivity contribution in [1.29, 1.82) is 0 Å². The van der Waals surface area contributed by atoms with Crippen LogP contribution in [0.2, 0.25) is 0 Å². The SMILES string of the molecule is O=C(CCn1ccc(=O)[nH]c1=O)NCCCO. The molecule has 0 saturated carbocycles. The number of H-pyrrole nitrogens is 1. The fourth-order valence-corrected chi connectivity index (χ4v) is 1.24. The van der Waals surface area contributed by atoms with Gasteiger partial charge in [0.1, 0.15) is 0 Å². The number of amides is 1. The summed E-state index contributed by atoms with van der Waals surface area (Å²) in [6.07, 6.45) is 2.00. The standard InChI is InChI=1S/C10H15N3O4/c14-7-1-4-11-8(15)2-5-13-6-3-9(16)12-10(13)17/h3,6,14H,1-2,4-5,7H2,(H,11,15)(H,12,16,17). The second-order valence-corrected chi connectivity index (χ2v) is 3.48. The van der Waals surface area contributed by atoms with E-state index in [2.05, 4.69) is 10.3 Å². The predicted molar refractivity (Wildman–Crippen MR) is 60.7 cm³/mol. The Balaban J connectivity index is 2.42. The smallest absolute Gasteiger partial charge is 0.328 e. The first kappa shape index (κ1) is 13.2. The van der Waals surface area contributed by atoms with Crippen molar-refractivity contribution < 1.29 is 9.90 Å². The van der Waals surface area contributed by atoms with Crippen molar-refractivity contribution in [3.05, 3.63) is 33.1 Å². The fourth-order valence-electron chi connectivity index (χ4n) is 1.24. The monoisotopic (exact) mass is 241 g/mol. The number of hydrogen-bond acceptors (Lipinski definition) is 4. The first-order chi connectivity index (χ1) is 8.13. The maximum absolute atomic E-state index is 11.3. The zero-order valence-corrected chi connectivity index (χ0v) is 9.31. The van der Waals surface area contributed by atoms with E-state index in [0.717, 1.165) is 0 Å². The molecule has 0 aliphatic carbocycles. The summed E-state index contributed by atoms with van der Waals surface area (Å²) in [5.41, 5.74) is -0.987. The third-order valence-electron chi connectivity index (χ3n) is 2.13. The molecule has 0 bridgehead atoms. The van der Waals surface area contributed by atoms with Gasteiger partial charge in [0, 0.05) is 38.4 Å². The Bertz CT molecular complexity index is 477. The van der Waals surface area contributed by atoms with Crippen molar-refractivity contribution in [1.82, 2.24) is 14.9 Å². The number of carbonyl (C=O) groups excluding carboxylic acids is 1. The molecule has 7 heteroatoms. The lowest BCUT2D eigenvalue weighted by molar-refractivity contribution is -0.121. The summed E-state index contributed by atoms with van der Waals surface area (Å²) in [7, 11) is 0. The van der Waals surface area contributed by atoms with Crippen molar-refractivity contribution in [3.63, 3.8) is 0 Å². The molecule has 3 N–H and O–H groups in total. The number of carbonyl (C=O) groups is 1. The number of aryl methyl sites for hydroxylation is 1. The average molecular weight is 241 g/mol. The van der Waals surface area contributed by atoms with Gasteiger partial charge in [-0.15, -0.1) is 0 Å². The first-order valence-electron chi connectivity index (χ1n) is 5.31. The molecule has 0 radical (unpaired) electrons. The highest BCUT2D eigenvalue weighted by Gasteiger charge is 2.02. The molecule has 0 spiro atoms. The van der Waals surface area contributed by atoms with E-state index in [1.807, 2.05) is 0 Å². The van der Waals surface area contributed by atoms with Crippen LogP contribution < -0.4 is 16.6 Å². The molecule has 0 aliphatic rings. The molecule has 0 aromatic carbocycles. The largest absolute Gasteiger partial charge is 0.396 e. The third-order valence-corrected chi connectivity index (χ3v) is 2.13. The summed E-state index contributed by atoms with van der Waals surface area (Å²) >= 11 is 0. The highest BCUT2D eigenvalue weighted by atomic mass is 16.3. The van der Waals surface area contributed by atoms with E-state index >= 15 is 0 Å². The van der Waals surface area contributed by atoms with Gasteiger partial charge in [-0.2, -0.15) is 0 Å². The van der Waals surface area contributed by atoms with Gasteiger partial charge in [-0.1, -0.05) is 0 Å². The molecule has 0 aliphatic heterocycles. The Morgan fingerprint density at radius 2 is 2.24 bits per heavy atom. The minimum absolute atomic E-state index is 0.0274. The Labute approximate surface area is 97.1 Å². The fraction of sp³-hybridized carbons (Fsp3) is 0.500. The van der Waals surface area contributed by atoms with Crippen LogP contribution in [0.1, 0.15) is 12.8 Å². The van der Waals surface area contributed by atoms with Gasteiger partial charge >= 0.3 is 5.69 Å². The van der Waals surface area contributed by atoms with E-state index in [4.69, 9.17) is 5.11 Å². The van der Waals surface area contributed by atoms with Crippen molar-refractivity contribution in [2.75, 3.05) is 13.2 Å². The number of hydrogen-bond donors (Lipinski definition) is 3. The molecule has 94 valence electrons. The van der Waals surface area contributed by atoms with Gasteiger partial charge in [0.2, 0.25) is 5.91 Å². The third kappa shape index (κ3) is 4.64. The Morgan fingerprint density at radius 1 is 1.47 bits per heavy atom. The minimum Gasteiger partial charge on any atom is -0.396 e. The van der Waals surface area contributed by atoms with E-state index in [1.54, 1.807) is 0 Å². The topological polar surface area (TPSA) is 104 Å². The van der Waals surface area contributed by atoms with Gasteiger partial charge in [-0.25, -0.2) is 4.79 Å². The maximum atomic E-state index is 11.3. The van der Waals surface area contributed by atoms with Crippen molar-refractivity contribution in [2.45, 2.75) is 19.4 Å². The molecule has 0 atom stereocenters. The molecular formula is C10H15N3O4. The molecule has 1 heterocycles. The number of aromatic amines is 1. The second kappa shape index (κ2) is 6.64. The molecule has 1 rings (SSSR count). The van der Waals surface area contributed by atoms with Crippen molar-refractivity contribution >= 4 is 5.91 Å². The van der Waals surface area contributed by atoms with Gasteiger partial charge < -0.3 is 15.0 Å². The molecule has 0 saturated heterocycles. The van der Waals surface area contributed by atoms with E-state index in [0.29, 0.717) is 13.0 Å². The van der Waals surface area contributed by atoms with Crippen molar-refractivity contribution in [3.8, 4) is 0 Å². The van der Waals surface area contributed by atoms with Gasteiger partial charge in [0.15, 0.2) is 0 Å². The van der Waals surface area contributed by atoms with Gasteiger partial charge in [-0.3, -0.25) is 14.6 Å². The summed E-state index contributed by atoms with van der Waals surface area (Å²) in [5.74, 6) is -0.198. The zero-order valence-electron chi connectivity index (χ0n) is 9.31. The number of nitrogens with one attached hydrogen (secondary N) is 2. The van der Waals surface area contributed by atoms with E-state index < -0.39 is 11.2 Å². The molecular weight excluding hydrogens is 226 g/mol. The maximum Gasteiger partial charge on any atom is 0.328 e. The van der Waals surface area contributed by atoms with Crippen LogP contribution in [0.25, 0.3) is 0 Å². The first-order valence-corrected chi connectivity index (χ1v) is 5.31. The highest BCUT2D eigenvalue weighted by molar-refractivity contribution is 5.75. The Kier molecular flexibility index (Phi) is 5.15. The molecule has 0 fully saturated rings. The predicted octanol–water partition coefficient (Wildman–Crippen LogP) is -1.57. The number of aromatic nitrogens is 2. The van der Waals surface area contributed by atoms with Crippen molar-refractivity contribution in [2.24, 2.45) is 0 Å². The van der Waals surface area contributed by atoms with E-state index in [-0.39, 0.29) is 25.5 Å². The van der Waals surface area contributed by atoms with Crippen LogP contribution in [-0.4, -0.2) is 33.7 Å². The summed E-state index contributed by atoms with van der Waals surface area (Å²) in [6.45, 7) is 0.649. The van der Waals surface area contributed by atoms with Crippen LogP contribution in [0.5, 0.6) is 0 Å². The van der Waals surface area contributed by atoms with E-state index in [9.17, 15) is 14.4 Å². The second-order valence-electron chi connectivity index (χ2n) is 3.48. The Hall–Kier alpha value is -1.89. The number of aliphatic hydroxyl groups is 1. The average Bonchev–Trinajstić information content (AvgIpc) is 2.28. The lowest BCUT2D eigenvalue weighted by Gasteiger charge is -2.05. The van der Waals surface area contributed by atoms with Crippen LogP contribution in [0, 0.1) is 0 Å². The summed E-state index contributed by atoms with van der Waals surface area (Å²) in [6, 6.07) is 1.23. The summed E-state index contributed by atoms with van der Waals surface area (Å²) in [5, 5.41) is 11.1. The lowest BCUT2D eigenvalue weighted by Crippen LogP contribution is -2.31. The zero-order chi connectivity index (χ0) is 12.7. The van der Waals surface area contributed by atoms with Crippen LogP contribution in [0.4, 0.5) is 0 Å². The number of nitrogens with zero attached hydrogens (tertiary/aromatic N) is 1. The summed E-state index contributed by atoms with van der Waals surface area (Å²) < 4.78 is 1.26. The van der Waals surface area contributed by atoms with Crippen LogP contribution in [0.3, 0.4) is 0 Å². The highest BCUT2D eigenvalue weighted by Crippen LogP contribution is 1.86. The molecule has 0 unspecified atom stereocenters. The molecule has 1 aromatic rings.